The summed E-state index contributed by atoms with van der Waals surface area (Å²) in [6, 6.07) is 1.07. The van der Waals surface area contributed by atoms with E-state index in [1.165, 1.54) is 0 Å². The molecule has 0 radical (unpaired) electrons. The molecule has 0 saturated heterocycles. The largest absolute Gasteiger partial charge is 0.371 e. The van der Waals surface area contributed by atoms with Gasteiger partial charge in [0, 0.05) is 0 Å². The number of primary amides is 1. The minimum atomic E-state index is -0.506. The summed E-state index contributed by atoms with van der Waals surface area (Å²) in [6.45, 7) is 1.85. The van der Waals surface area contributed by atoms with Crippen LogP contribution in [0.4, 0.5) is 5.69 Å². The van der Waals surface area contributed by atoms with Gasteiger partial charge in [0.2, 0.25) is 5.91 Å². The van der Waals surface area contributed by atoms with Gasteiger partial charge in [-0.3, -0.25) is 4.79 Å². The maximum atomic E-state index is 11.2. The first-order valence-corrected chi connectivity index (χ1v) is 6.69. The SMILES string of the molecule is CCC(Nc1c(Cl)cc(Cl)c2nsnc12)C(N)=O. The Morgan fingerprint density at radius 2 is 2.11 bits per heavy atom. The Morgan fingerprint density at radius 3 is 2.72 bits per heavy atom. The van der Waals surface area contributed by atoms with Crippen molar-refractivity contribution in [2.24, 2.45) is 5.73 Å². The topological polar surface area (TPSA) is 80.9 Å². The van der Waals surface area contributed by atoms with Crippen molar-refractivity contribution in [3.63, 3.8) is 0 Å². The lowest BCUT2D eigenvalue weighted by Crippen LogP contribution is -2.34. The summed E-state index contributed by atoms with van der Waals surface area (Å²) in [5, 5.41) is 3.81. The molecule has 3 N–H and O–H groups in total. The number of rotatable bonds is 4. The minimum Gasteiger partial charge on any atom is -0.371 e. The van der Waals surface area contributed by atoms with Crippen LogP contribution in [0.2, 0.25) is 10.0 Å². The lowest BCUT2D eigenvalue weighted by atomic mass is 10.2. The van der Waals surface area contributed by atoms with Gasteiger partial charge in [-0.2, -0.15) is 8.75 Å². The standard InChI is InChI=1S/C10H10Cl2N4OS/c1-2-6(10(13)17)14-7-4(11)3-5(12)8-9(7)16-18-15-8/h3,6,14H,2H2,1H3,(H2,13,17). The van der Waals surface area contributed by atoms with Crippen LogP contribution in [-0.4, -0.2) is 20.7 Å². The first kappa shape index (κ1) is 13.3. The second-order valence-electron chi connectivity index (χ2n) is 3.68. The van der Waals surface area contributed by atoms with Gasteiger partial charge in [-0.1, -0.05) is 30.1 Å². The average molecular weight is 305 g/mol. The number of hydrogen-bond acceptors (Lipinski definition) is 5. The number of halogens is 2. The van der Waals surface area contributed by atoms with Crippen LogP contribution in [0.5, 0.6) is 0 Å². The number of benzene rings is 1. The maximum Gasteiger partial charge on any atom is 0.239 e. The van der Waals surface area contributed by atoms with Crippen molar-refractivity contribution in [1.82, 2.24) is 8.75 Å². The third kappa shape index (κ3) is 2.36. The first-order valence-electron chi connectivity index (χ1n) is 5.20. The molecule has 1 amide bonds. The highest BCUT2D eigenvalue weighted by atomic mass is 35.5. The lowest BCUT2D eigenvalue weighted by Gasteiger charge is -2.16. The normalized spacial score (nSPS) is 12.6. The van der Waals surface area contributed by atoms with E-state index < -0.39 is 11.9 Å². The summed E-state index contributed by atoms with van der Waals surface area (Å²) in [6.07, 6.45) is 0.549. The molecule has 1 aromatic carbocycles. The zero-order valence-corrected chi connectivity index (χ0v) is 11.7. The molecule has 0 fully saturated rings. The van der Waals surface area contributed by atoms with Crippen molar-refractivity contribution in [3.8, 4) is 0 Å². The number of carbonyl (C=O) groups is 1. The molecule has 0 bridgehead atoms. The molecule has 96 valence electrons. The van der Waals surface area contributed by atoms with Crippen LogP contribution in [0.15, 0.2) is 6.07 Å². The van der Waals surface area contributed by atoms with Gasteiger partial charge >= 0.3 is 0 Å². The van der Waals surface area contributed by atoms with Gasteiger partial charge in [-0.25, -0.2) is 0 Å². The van der Waals surface area contributed by atoms with Crippen molar-refractivity contribution in [2.45, 2.75) is 19.4 Å². The number of aromatic nitrogens is 2. The summed E-state index contributed by atoms with van der Waals surface area (Å²) < 4.78 is 8.22. The molecule has 1 atom stereocenters. The Kier molecular flexibility index (Phi) is 3.89. The zero-order valence-electron chi connectivity index (χ0n) is 9.41. The summed E-state index contributed by atoms with van der Waals surface area (Å²) in [5.74, 6) is -0.445. The molecular formula is C10H10Cl2N4OS. The average Bonchev–Trinajstić information content (AvgIpc) is 2.78. The van der Waals surface area contributed by atoms with Crippen molar-refractivity contribution < 1.29 is 4.79 Å². The Bertz CT molecular complexity index is 601. The molecule has 0 aliphatic heterocycles. The molecule has 0 aliphatic rings. The second kappa shape index (κ2) is 5.26. The van der Waals surface area contributed by atoms with E-state index in [9.17, 15) is 4.79 Å². The van der Waals surface area contributed by atoms with Crippen LogP contribution < -0.4 is 11.1 Å². The van der Waals surface area contributed by atoms with Crippen LogP contribution in [0.1, 0.15) is 13.3 Å². The molecule has 1 unspecified atom stereocenters. The Labute approximate surface area is 118 Å². The van der Waals surface area contributed by atoms with Crippen LogP contribution in [-0.2, 0) is 4.79 Å². The number of nitrogens with zero attached hydrogens (tertiary/aromatic N) is 2. The maximum absolute atomic E-state index is 11.2. The number of nitrogens with one attached hydrogen (secondary N) is 1. The summed E-state index contributed by atoms with van der Waals surface area (Å²) >= 11 is 13.2. The van der Waals surface area contributed by atoms with Crippen molar-refractivity contribution in [3.05, 3.63) is 16.1 Å². The van der Waals surface area contributed by atoms with E-state index in [2.05, 4.69) is 14.1 Å². The Morgan fingerprint density at radius 1 is 1.44 bits per heavy atom. The fraction of sp³-hybridized carbons (Fsp3) is 0.300. The van der Waals surface area contributed by atoms with Gasteiger partial charge in [0.1, 0.15) is 17.1 Å². The number of nitrogens with two attached hydrogens (primary N) is 1. The van der Waals surface area contributed by atoms with E-state index >= 15 is 0 Å². The second-order valence-corrected chi connectivity index (χ2v) is 5.03. The fourth-order valence-electron chi connectivity index (χ4n) is 1.56. The lowest BCUT2D eigenvalue weighted by molar-refractivity contribution is -0.118. The number of fused-ring (bicyclic) bond motifs is 1. The van der Waals surface area contributed by atoms with Crippen LogP contribution in [0.25, 0.3) is 11.0 Å². The highest BCUT2D eigenvalue weighted by molar-refractivity contribution is 7.00. The molecule has 18 heavy (non-hydrogen) atoms. The third-order valence-corrected chi connectivity index (χ3v) is 3.63. The predicted molar refractivity (Wildman–Crippen MR) is 74.3 cm³/mol. The zero-order chi connectivity index (χ0) is 13.3. The molecule has 8 heteroatoms. The monoisotopic (exact) mass is 304 g/mol. The molecule has 0 spiro atoms. The number of anilines is 1. The predicted octanol–water partition coefficient (Wildman–Crippen LogP) is 2.67. The fourth-order valence-corrected chi connectivity index (χ4v) is 2.73. The van der Waals surface area contributed by atoms with Gasteiger partial charge < -0.3 is 11.1 Å². The minimum absolute atomic E-state index is 0.389. The quantitative estimate of drug-likeness (QED) is 0.910. The smallest absolute Gasteiger partial charge is 0.239 e. The van der Waals surface area contributed by atoms with E-state index in [1.807, 2.05) is 6.92 Å². The van der Waals surface area contributed by atoms with Gasteiger partial charge in [0.25, 0.3) is 0 Å². The molecule has 0 saturated carbocycles. The number of carbonyl (C=O) groups excluding carboxylic acids is 1. The third-order valence-electron chi connectivity index (χ3n) is 2.51. The van der Waals surface area contributed by atoms with Gasteiger partial charge in [-0.15, -0.1) is 0 Å². The highest BCUT2D eigenvalue weighted by Crippen LogP contribution is 2.35. The van der Waals surface area contributed by atoms with Gasteiger partial charge in [0.05, 0.1) is 27.5 Å². The van der Waals surface area contributed by atoms with Gasteiger partial charge in [0.15, 0.2) is 0 Å². The highest BCUT2D eigenvalue weighted by Gasteiger charge is 2.19. The summed E-state index contributed by atoms with van der Waals surface area (Å²) in [5.41, 5.74) is 6.94. The van der Waals surface area contributed by atoms with Crippen molar-refractivity contribution >= 4 is 57.6 Å². The van der Waals surface area contributed by atoms with Gasteiger partial charge in [-0.05, 0) is 12.5 Å². The molecule has 2 rings (SSSR count). The molecule has 1 heterocycles. The van der Waals surface area contributed by atoms with Crippen LogP contribution in [0, 0.1) is 0 Å². The van der Waals surface area contributed by atoms with E-state index in [0.717, 1.165) is 11.7 Å². The Hall–Kier alpha value is -1.11. The molecule has 1 aromatic heterocycles. The summed E-state index contributed by atoms with van der Waals surface area (Å²) in [4.78, 5) is 11.2. The van der Waals surface area contributed by atoms with E-state index in [1.54, 1.807) is 6.07 Å². The van der Waals surface area contributed by atoms with E-state index in [4.69, 9.17) is 28.9 Å². The number of hydrogen-bond donors (Lipinski definition) is 2. The van der Waals surface area contributed by atoms with E-state index in [-0.39, 0.29) is 0 Å². The Balaban J connectivity index is 2.50. The molecular weight excluding hydrogens is 295 g/mol. The summed E-state index contributed by atoms with van der Waals surface area (Å²) in [7, 11) is 0. The van der Waals surface area contributed by atoms with Crippen LogP contribution in [0.3, 0.4) is 0 Å². The first-order chi connectivity index (χ1) is 8.54. The van der Waals surface area contributed by atoms with E-state index in [0.29, 0.717) is 33.2 Å². The van der Waals surface area contributed by atoms with Crippen LogP contribution >= 0.6 is 34.9 Å². The molecule has 2 aromatic rings. The van der Waals surface area contributed by atoms with Crippen molar-refractivity contribution in [1.29, 1.82) is 0 Å². The number of amides is 1. The van der Waals surface area contributed by atoms with Crippen molar-refractivity contribution in [2.75, 3.05) is 5.32 Å². The molecule has 0 aliphatic carbocycles. The molecule has 5 nitrogen and oxygen atoms in total.